The molecule has 59 heavy (non-hydrogen) atoms. The third-order valence-corrected chi connectivity index (χ3v) is 14.1. The number of anilines is 1. The molecule has 314 valence electrons. The Morgan fingerprint density at radius 2 is 1.14 bits per heavy atom. The first kappa shape index (κ1) is 44.0. The van der Waals surface area contributed by atoms with Crippen molar-refractivity contribution >= 4 is 79.1 Å². The summed E-state index contributed by atoms with van der Waals surface area (Å²) in [6, 6.07) is 15.9. The first-order chi connectivity index (χ1) is 27.3. The standard InChI is InChI=1S/C41H44N2O12S4/c1-40(2)36(42(22-10-24-56(44,45)46)34-20-14-28-26-30(58(50,51)52)16-18-32(28)38(34)40)12-8-6-5-7-9-13-37-41(3,4)39-33-19-17-31(59(53,54)55)27-29(33)15-21-35(39)43(37)23-11-25-57(47,48)49/h5-9,12-21,26-27H,10-11,22-25H2,1-4H3,(H3-,44,45,46,47,48,49,50,51,52,53,54,55)/p+1. The van der Waals surface area contributed by atoms with E-state index in [4.69, 9.17) is 0 Å². The Morgan fingerprint density at radius 3 is 1.71 bits per heavy atom. The predicted octanol–water partition coefficient (Wildman–Crippen LogP) is 6.77. The van der Waals surface area contributed by atoms with E-state index in [1.54, 1.807) is 24.3 Å². The fourth-order valence-corrected chi connectivity index (χ4v) is 10.3. The van der Waals surface area contributed by atoms with Crippen LogP contribution < -0.4 is 4.90 Å². The van der Waals surface area contributed by atoms with Gasteiger partial charge < -0.3 is 4.90 Å². The van der Waals surface area contributed by atoms with E-state index in [1.165, 1.54) is 24.3 Å². The van der Waals surface area contributed by atoms with Crippen LogP contribution >= 0.6 is 0 Å². The zero-order valence-corrected chi connectivity index (χ0v) is 35.9. The van der Waals surface area contributed by atoms with Gasteiger partial charge in [0.2, 0.25) is 5.69 Å². The van der Waals surface area contributed by atoms with Crippen LogP contribution in [0.5, 0.6) is 0 Å². The Labute approximate surface area is 344 Å². The van der Waals surface area contributed by atoms with Gasteiger partial charge in [-0.1, -0.05) is 62.4 Å². The summed E-state index contributed by atoms with van der Waals surface area (Å²) in [5, 5.41) is 2.71. The summed E-state index contributed by atoms with van der Waals surface area (Å²) in [4.78, 5) is 1.50. The van der Waals surface area contributed by atoms with Gasteiger partial charge in [-0.3, -0.25) is 18.2 Å². The van der Waals surface area contributed by atoms with Crippen LogP contribution in [0, 0.1) is 0 Å². The summed E-state index contributed by atoms with van der Waals surface area (Å²) in [7, 11) is -17.3. The molecule has 4 aromatic rings. The molecule has 0 fully saturated rings. The Morgan fingerprint density at radius 1 is 0.610 bits per heavy atom. The minimum atomic E-state index is -4.43. The van der Waals surface area contributed by atoms with E-state index in [1.807, 2.05) is 91.8 Å². The van der Waals surface area contributed by atoms with Crippen molar-refractivity contribution in [1.82, 2.24) is 0 Å². The highest BCUT2D eigenvalue weighted by molar-refractivity contribution is 7.86. The van der Waals surface area contributed by atoms with E-state index in [-0.39, 0.29) is 35.7 Å². The normalized spacial score (nSPS) is 17.8. The molecular weight excluding hydrogens is 841 g/mol. The van der Waals surface area contributed by atoms with Crippen LogP contribution in [-0.2, 0) is 51.3 Å². The molecule has 0 amide bonds. The maximum absolute atomic E-state index is 11.9. The minimum absolute atomic E-state index is 0.132. The molecule has 2 heterocycles. The number of rotatable bonds is 14. The Balaban J connectivity index is 1.31. The average Bonchev–Trinajstić information content (AvgIpc) is 3.47. The highest BCUT2D eigenvalue weighted by atomic mass is 32.2. The first-order valence-corrected chi connectivity index (χ1v) is 24.5. The van der Waals surface area contributed by atoms with Gasteiger partial charge in [0, 0.05) is 47.5 Å². The molecule has 4 N–H and O–H groups in total. The van der Waals surface area contributed by atoms with Gasteiger partial charge >= 0.3 is 0 Å². The van der Waals surface area contributed by atoms with Crippen molar-refractivity contribution in [3.8, 4) is 0 Å². The van der Waals surface area contributed by atoms with Crippen molar-refractivity contribution < 1.29 is 56.5 Å². The number of fused-ring (bicyclic) bond motifs is 6. The fraction of sp³-hybridized carbons (Fsp3) is 0.293. The van der Waals surface area contributed by atoms with Crippen LogP contribution in [0.15, 0.2) is 119 Å². The van der Waals surface area contributed by atoms with Crippen LogP contribution in [0.25, 0.3) is 21.5 Å². The second kappa shape index (κ2) is 15.8. The summed E-state index contributed by atoms with van der Waals surface area (Å²) in [5.41, 5.74) is 3.72. The lowest BCUT2D eigenvalue weighted by Gasteiger charge is -2.27. The molecule has 2 aliphatic rings. The molecule has 0 radical (unpaired) electrons. The maximum Gasteiger partial charge on any atom is 0.294 e. The van der Waals surface area contributed by atoms with E-state index >= 15 is 0 Å². The molecule has 0 bridgehead atoms. The van der Waals surface area contributed by atoms with Gasteiger partial charge in [-0.05, 0) is 89.9 Å². The number of nitrogens with zero attached hydrogens (tertiary/aromatic N) is 2. The van der Waals surface area contributed by atoms with Gasteiger partial charge in [-0.2, -0.15) is 38.2 Å². The second-order valence-corrected chi connectivity index (χ2v) is 21.5. The average molecular weight is 886 g/mol. The minimum Gasteiger partial charge on any atom is -0.344 e. The zero-order valence-electron chi connectivity index (χ0n) is 32.6. The topological polar surface area (TPSA) is 224 Å². The van der Waals surface area contributed by atoms with Gasteiger partial charge in [0.25, 0.3) is 40.5 Å². The van der Waals surface area contributed by atoms with Crippen molar-refractivity contribution in [2.45, 2.75) is 61.2 Å². The number of allylic oxidation sites excluding steroid dienone is 8. The SMILES string of the molecule is CC1(C)C(/C=C/C=C/C=C/C=C2/N(CCCS(=O)(=O)O)c3ccc4cc(S(=O)(=O)O)ccc4c3C2(C)C)=[N+](CCCS(=O)(=O)O)c2ccc3cc(S(=O)(=O)O)ccc3c21. The monoisotopic (exact) mass is 885 g/mol. The maximum atomic E-state index is 11.9. The molecule has 0 spiro atoms. The molecule has 2 aliphatic heterocycles. The lowest BCUT2D eigenvalue weighted by molar-refractivity contribution is -0.437. The molecule has 0 saturated carbocycles. The third-order valence-electron chi connectivity index (χ3n) is 10.7. The molecule has 0 atom stereocenters. The Kier molecular flexibility index (Phi) is 11.8. The first-order valence-electron chi connectivity index (χ1n) is 18.5. The van der Waals surface area contributed by atoms with Gasteiger partial charge in [0.1, 0.15) is 6.54 Å². The smallest absolute Gasteiger partial charge is 0.294 e. The van der Waals surface area contributed by atoms with Crippen LogP contribution in [0.2, 0.25) is 0 Å². The molecular formula is C41H45N2O12S4+. The largest absolute Gasteiger partial charge is 0.344 e. The highest BCUT2D eigenvalue weighted by Crippen LogP contribution is 2.51. The molecule has 18 heteroatoms. The molecule has 0 saturated heterocycles. The van der Waals surface area contributed by atoms with Gasteiger partial charge in [0.05, 0.1) is 26.7 Å². The summed E-state index contributed by atoms with van der Waals surface area (Å²) in [6.45, 7) is 8.52. The lowest BCUT2D eigenvalue weighted by Crippen LogP contribution is -2.28. The second-order valence-electron chi connectivity index (χ2n) is 15.5. The van der Waals surface area contributed by atoms with Crippen LogP contribution in [-0.4, -0.2) is 86.8 Å². The van der Waals surface area contributed by atoms with E-state index in [0.29, 0.717) is 10.8 Å². The molecule has 0 unspecified atom stereocenters. The molecule has 0 aliphatic carbocycles. The van der Waals surface area contributed by atoms with E-state index < -0.39 is 62.8 Å². The summed E-state index contributed by atoms with van der Waals surface area (Å²) < 4.78 is 134. The Hall–Kier alpha value is -4.53. The van der Waals surface area contributed by atoms with Crippen molar-refractivity contribution in [2.75, 3.05) is 29.5 Å². The molecule has 4 aromatic carbocycles. The van der Waals surface area contributed by atoms with E-state index in [2.05, 4.69) is 0 Å². The molecule has 6 rings (SSSR count). The van der Waals surface area contributed by atoms with Crippen molar-refractivity contribution in [2.24, 2.45) is 0 Å². The van der Waals surface area contributed by atoms with Crippen molar-refractivity contribution in [3.63, 3.8) is 0 Å². The van der Waals surface area contributed by atoms with E-state index in [9.17, 15) is 51.9 Å². The van der Waals surface area contributed by atoms with Crippen LogP contribution in [0.4, 0.5) is 11.4 Å². The van der Waals surface area contributed by atoms with Gasteiger partial charge in [-0.25, -0.2) is 0 Å². The number of hydrogen-bond donors (Lipinski definition) is 4. The van der Waals surface area contributed by atoms with E-state index in [0.717, 1.165) is 44.7 Å². The summed E-state index contributed by atoms with van der Waals surface area (Å²) in [5.74, 6) is -0.875. The fourth-order valence-electron chi connectivity index (χ4n) is 8.24. The van der Waals surface area contributed by atoms with Crippen LogP contribution in [0.1, 0.15) is 51.7 Å². The predicted molar refractivity (Wildman–Crippen MR) is 228 cm³/mol. The molecule has 14 nitrogen and oxygen atoms in total. The number of benzene rings is 4. The quantitative estimate of drug-likeness (QED) is 0.0584. The summed E-state index contributed by atoms with van der Waals surface area (Å²) in [6.07, 6.45) is 13.2. The lowest BCUT2D eigenvalue weighted by atomic mass is 9.79. The molecule has 0 aromatic heterocycles. The zero-order chi connectivity index (χ0) is 43.3. The highest BCUT2D eigenvalue weighted by Gasteiger charge is 2.45. The summed E-state index contributed by atoms with van der Waals surface area (Å²) >= 11 is 0. The van der Waals surface area contributed by atoms with Crippen molar-refractivity contribution in [1.29, 1.82) is 0 Å². The third kappa shape index (κ3) is 9.29. The Bertz CT molecular complexity index is 3000. The van der Waals surface area contributed by atoms with Gasteiger partial charge in [0.15, 0.2) is 5.71 Å². The van der Waals surface area contributed by atoms with Crippen LogP contribution in [0.3, 0.4) is 0 Å². The van der Waals surface area contributed by atoms with Crippen molar-refractivity contribution in [3.05, 3.63) is 120 Å². The van der Waals surface area contributed by atoms with Gasteiger partial charge in [-0.15, -0.1) is 0 Å². The number of hydrogen-bond acceptors (Lipinski definition) is 9.